The Morgan fingerprint density at radius 1 is 1.05 bits per heavy atom. The van der Waals surface area contributed by atoms with Crippen LogP contribution in [-0.4, -0.2) is 16.2 Å². The summed E-state index contributed by atoms with van der Waals surface area (Å²) < 4.78 is 27.7. The summed E-state index contributed by atoms with van der Waals surface area (Å²) >= 11 is 0. The summed E-state index contributed by atoms with van der Waals surface area (Å²) in [6, 6.07) is 9.01. The van der Waals surface area contributed by atoms with Crippen molar-refractivity contribution in [3.8, 4) is 5.75 Å². The fourth-order valence-corrected chi connectivity index (χ4v) is 2.11. The van der Waals surface area contributed by atoms with E-state index < -0.39 is 29.9 Å². The molecule has 0 aliphatic carbocycles. The molecule has 0 saturated carbocycles. The average Bonchev–Trinajstić information content (AvgIpc) is 2.38. The van der Waals surface area contributed by atoms with Crippen molar-refractivity contribution in [2.75, 3.05) is 0 Å². The van der Waals surface area contributed by atoms with Crippen LogP contribution in [-0.2, 0) is 4.79 Å². The van der Waals surface area contributed by atoms with E-state index in [1.165, 1.54) is 30.3 Å². The summed E-state index contributed by atoms with van der Waals surface area (Å²) in [5.41, 5.74) is 0.148. The van der Waals surface area contributed by atoms with Crippen LogP contribution in [0.3, 0.4) is 0 Å². The van der Waals surface area contributed by atoms with Crippen molar-refractivity contribution >= 4 is 5.97 Å². The molecule has 1 unspecified atom stereocenters. The molecule has 0 amide bonds. The number of halogens is 2. The molecule has 104 valence electrons. The minimum atomic E-state index is -1.16. The number of phenolic OH excluding ortho intramolecular Hbond substituents is 1. The van der Waals surface area contributed by atoms with E-state index in [1.807, 2.05) is 0 Å². The first-order chi connectivity index (χ1) is 9.49. The first-order valence-electron chi connectivity index (χ1n) is 5.93. The Labute approximate surface area is 114 Å². The zero-order valence-electron chi connectivity index (χ0n) is 10.4. The summed E-state index contributed by atoms with van der Waals surface area (Å²) in [4.78, 5) is 11.0. The van der Waals surface area contributed by atoms with E-state index >= 15 is 0 Å². The van der Waals surface area contributed by atoms with Crippen molar-refractivity contribution in [3.63, 3.8) is 0 Å². The Morgan fingerprint density at radius 3 is 2.10 bits per heavy atom. The third-order valence-corrected chi connectivity index (χ3v) is 3.02. The smallest absolute Gasteiger partial charge is 0.304 e. The van der Waals surface area contributed by atoms with E-state index in [0.717, 1.165) is 12.1 Å². The fraction of sp³-hybridized carbons (Fsp3) is 0.133. The second-order valence-corrected chi connectivity index (χ2v) is 4.38. The molecule has 2 N–H and O–H groups in total. The number of carboxylic acids is 1. The van der Waals surface area contributed by atoms with Gasteiger partial charge in [-0.2, -0.15) is 0 Å². The van der Waals surface area contributed by atoms with Crippen LogP contribution < -0.4 is 0 Å². The average molecular weight is 278 g/mol. The van der Waals surface area contributed by atoms with Gasteiger partial charge in [-0.3, -0.25) is 4.79 Å². The molecule has 2 rings (SSSR count). The Morgan fingerprint density at radius 2 is 1.60 bits per heavy atom. The minimum Gasteiger partial charge on any atom is -0.508 e. The molecule has 0 aliphatic rings. The van der Waals surface area contributed by atoms with Gasteiger partial charge in [-0.05, 0) is 29.8 Å². The third-order valence-electron chi connectivity index (χ3n) is 3.02. The highest BCUT2D eigenvalue weighted by Crippen LogP contribution is 2.32. The van der Waals surface area contributed by atoms with Gasteiger partial charge in [0, 0.05) is 11.5 Å². The topological polar surface area (TPSA) is 57.5 Å². The molecule has 1 atom stereocenters. The summed E-state index contributed by atoms with van der Waals surface area (Å²) in [6.07, 6.45) is -0.442. The van der Waals surface area contributed by atoms with E-state index in [1.54, 1.807) is 0 Å². The maximum absolute atomic E-state index is 13.8. The highest BCUT2D eigenvalue weighted by molar-refractivity contribution is 5.69. The van der Waals surface area contributed by atoms with Crippen molar-refractivity contribution in [2.45, 2.75) is 12.3 Å². The number of carbonyl (C=O) groups is 1. The molecule has 0 aliphatic heterocycles. The maximum Gasteiger partial charge on any atom is 0.304 e. The van der Waals surface area contributed by atoms with Crippen LogP contribution in [0.15, 0.2) is 42.5 Å². The van der Waals surface area contributed by atoms with Gasteiger partial charge in [0.05, 0.1) is 6.42 Å². The van der Waals surface area contributed by atoms with Crippen molar-refractivity contribution in [1.82, 2.24) is 0 Å². The largest absolute Gasteiger partial charge is 0.508 e. The van der Waals surface area contributed by atoms with Gasteiger partial charge in [-0.25, -0.2) is 8.78 Å². The van der Waals surface area contributed by atoms with Crippen LogP contribution >= 0.6 is 0 Å². The summed E-state index contributed by atoms with van der Waals surface area (Å²) in [6.45, 7) is 0. The quantitative estimate of drug-likeness (QED) is 0.902. The predicted molar refractivity (Wildman–Crippen MR) is 68.6 cm³/mol. The number of carboxylic acid groups (broad SMARTS) is 1. The lowest BCUT2D eigenvalue weighted by Crippen LogP contribution is -2.11. The van der Waals surface area contributed by atoms with Crippen molar-refractivity contribution in [2.24, 2.45) is 0 Å². The standard InChI is InChI=1S/C15H12F2O3/c16-12-2-1-3-13(17)15(12)11(8-14(19)20)9-4-6-10(18)7-5-9/h1-7,11,18H,8H2,(H,19,20). The van der Waals surface area contributed by atoms with Crippen LogP contribution in [0.5, 0.6) is 5.75 Å². The molecule has 0 bridgehead atoms. The molecule has 0 fully saturated rings. The van der Waals surface area contributed by atoms with Crippen LogP contribution in [0.25, 0.3) is 0 Å². The van der Waals surface area contributed by atoms with Gasteiger partial charge in [-0.15, -0.1) is 0 Å². The predicted octanol–water partition coefficient (Wildman–Crippen LogP) is 3.28. The molecular formula is C15H12F2O3. The second-order valence-electron chi connectivity index (χ2n) is 4.38. The number of benzene rings is 2. The van der Waals surface area contributed by atoms with Crippen LogP contribution in [0.4, 0.5) is 8.78 Å². The first kappa shape index (κ1) is 14.0. The Hall–Kier alpha value is -2.43. The molecule has 0 aromatic heterocycles. The van der Waals surface area contributed by atoms with Gasteiger partial charge in [0.1, 0.15) is 17.4 Å². The second kappa shape index (κ2) is 5.69. The first-order valence-corrected chi connectivity index (χ1v) is 5.93. The number of aromatic hydroxyl groups is 1. The zero-order chi connectivity index (χ0) is 14.7. The molecular weight excluding hydrogens is 266 g/mol. The Balaban J connectivity index is 2.52. The van der Waals surface area contributed by atoms with Gasteiger partial charge < -0.3 is 10.2 Å². The number of phenols is 1. The van der Waals surface area contributed by atoms with E-state index in [-0.39, 0.29) is 11.3 Å². The molecule has 0 heterocycles. The van der Waals surface area contributed by atoms with E-state index in [0.29, 0.717) is 5.56 Å². The number of rotatable bonds is 4. The SMILES string of the molecule is O=C(O)CC(c1ccc(O)cc1)c1c(F)cccc1F. The summed E-state index contributed by atoms with van der Waals surface area (Å²) in [7, 11) is 0. The normalized spacial score (nSPS) is 12.1. The zero-order valence-corrected chi connectivity index (χ0v) is 10.4. The lowest BCUT2D eigenvalue weighted by atomic mass is 9.88. The molecule has 2 aromatic carbocycles. The Bertz CT molecular complexity index is 603. The third kappa shape index (κ3) is 2.93. The lowest BCUT2D eigenvalue weighted by Gasteiger charge is -2.17. The van der Waals surface area contributed by atoms with E-state index in [2.05, 4.69) is 0 Å². The van der Waals surface area contributed by atoms with Crippen LogP contribution in [0.1, 0.15) is 23.5 Å². The van der Waals surface area contributed by atoms with Gasteiger partial charge >= 0.3 is 5.97 Å². The van der Waals surface area contributed by atoms with E-state index in [4.69, 9.17) is 5.11 Å². The number of hydrogen-bond acceptors (Lipinski definition) is 2. The Kier molecular flexibility index (Phi) is 3.98. The molecule has 20 heavy (non-hydrogen) atoms. The fourth-order valence-electron chi connectivity index (χ4n) is 2.11. The molecule has 3 nitrogen and oxygen atoms in total. The number of aliphatic carboxylic acids is 1. The molecule has 2 aromatic rings. The van der Waals surface area contributed by atoms with Crippen LogP contribution in [0.2, 0.25) is 0 Å². The van der Waals surface area contributed by atoms with Crippen molar-refractivity contribution in [3.05, 3.63) is 65.2 Å². The van der Waals surface area contributed by atoms with E-state index in [9.17, 15) is 18.7 Å². The minimum absolute atomic E-state index is 0.00293. The van der Waals surface area contributed by atoms with Gasteiger partial charge in [-0.1, -0.05) is 18.2 Å². The van der Waals surface area contributed by atoms with Gasteiger partial charge in [0.2, 0.25) is 0 Å². The highest BCUT2D eigenvalue weighted by atomic mass is 19.1. The molecule has 0 radical (unpaired) electrons. The highest BCUT2D eigenvalue weighted by Gasteiger charge is 2.24. The lowest BCUT2D eigenvalue weighted by molar-refractivity contribution is -0.137. The summed E-state index contributed by atoms with van der Waals surface area (Å²) in [5, 5.41) is 18.2. The van der Waals surface area contributed by atoms with Crippen molar-refractivity contribution in [1.29, 1.82) is 0 Å². The van der Waals surface area contributed by atoms with Crippen LogP contribution in [0, 0.1) is 11.6 Å². The maximum atomic E-state index is 13.8. The number of hydrogen-bond donors (Lipinski definition) is 2. The van der Waals surface area contributed by atoms with Gasteiger partial charge in [0.25, 0.3) is 0 Å². The van der Waals surface area contributed by atoms with Gasteiger partial charge in [0.15, 0.2) is 0 Å². The molecule has 0 saturated heterocycles. The molecule has 5 heteroatoms. The van der Waals surface area contributed by atoms with Crippen molar-refractivity contribution < 1.29 is 23.8 Å². The summed E-state index contributed by atoms with van der Waals surface area (Å²) in [5.74, 6) is -3.69. The molecule has 0 spiro atoms. The monoisotopic (exact) mass is 278 g/mol.